The summed E-state index contributed by atoms with van der Waals surface area (Å²) in [5, 5.41) is 3.74. The zero-order valence-electron chi connectivity index (χ0n) is 19.1. The molecular formula is C28H30NO+. The van der Waals surface area contributed by atoms with Crippen LogP contribution in [0, 0.1) is 13.8 Å². The highest BCUT2D eigenvalue weighted by molar-refractivity contribution is 6.05. The van der Waals surface area contributed by atoms with E-state index in [-0.39, 0.29) is 0 Å². The van der Waals surface area contributed by atoms with Gasteiger partial charge in [-0.15, -0.1) is 0 Å². The Morgan fingerprint density at radius 3 is 2.17 bits per heavy atom. The Labute approximate surface area is 179 Å². The summed E-state index contributed by atoms with van der Waals surface area (Å²) in [6.45, 7) is 13.4. The van der Waals surface area contributed by atoms with Crippen LogP contribution in [0.2, 0.25) is 0 Å². The summed E-state index contributed by atoms with van der Waals surface area (Å²) in [6, 6.07) is 15.9. The van der Waals surface area contributed by atoms with Gasteiger partial charge in [0.2, 0.25) is 5.52 Å². The highest BCUT2D eigenvalue weighted by Crippen LogP contribution is 2.49. The SMILES string of the molecule is Cc1cc2cc(C(C)C)cc3c2c(c1C)-c1c(cc2cc(C(C)C)ccc2[n+]1C)O3. The molecule has 0 spiro atoms. The fourth-order valence-corrected chi connectivity index (χ4v) is 4.81. The van der Waals surface area contributed by atoms with Crippen LogP contribution in [0.25, 0.3) is 32.9 Å². The maximum atomic E-state index is 6.60. The van der Waals surface area contributed by atoms with Crippen molar-refractivity contribution in [3.63, 3.8) is 0 Å². The molecule has 0 aliphatic carbocycles. The molecule has 2 heteroatoms. The van der Waals surface area contributed by atoms with Crippen molar-refractivity contribution < 1.29 is 9.30 Å². The molecule has 0 atom stereocenters. The third-order valence-electron chi connectivity index (χ3n) is 6.80. The fourth-order valence-electron chi connectivity index (χ4n) is 4.81. The molecule has 0 saturated carbocycles. The molecule has 4 aromatic rings. The van der Waals surface area contributed by atoms with E-state index in [1.54, 1.807) is 0 Å². The summed E-state index contributed by atoms with van der Waals surface area (Å²) >= 11 is 0. The first kappa shape index (κ1) is 19.1. The zero-order valence-corrected chi connectivity index (χ0v) is 19.1. The molecular weight excluding hydrogens is 366 g/mol. The van der Waals surface area contributed by atoms with E-state index < -0.39 is 0 Å². The molecule has 0 N–H and O–H groups in total. The largest absolute Gasteiger partial charge is 0.450 e. The van der Waals surface area contributed by atoms with Crippen molar-refractivity contribution in [2.45, 2.75) is 53.4 Å². The molecule has 2 heterocycles. The number of aryl methyl sites for hydroxylation is 2. The standard InChI is InChI=1S/C28H30NO/c1-15(2)19-8-9-23-21(11-19)14-25-28(29(23)7)26-18(6)17(5)10-22-12-20(16(3)4)13-24(30-25)27(22)26/h8-16H,1-7H3/q+1. The quantitative estimate of drug-likeness (QED) is 0.282. The predicted molar refractivity (Wildman–Crippen MR) is 126 cm³/mol. The number of hydrogen-bond acceptors (Lipinski definition) is 1. The molecule has 0 unspecified atom stereocenters. The molecule has 0 saturated heterocycles. The summed E-state index contributed by atoms with van der Waals surface area (Å²) in [7, 11) is 2.17. The monoisotopic (exact) mass is 396 g/mol. The third-order valence-corrected chi connectivity index (χ3v) is 6.80. The lowest BCUT2D eigenvalue weighted by Crippen LogP contribution is -2.33. The summed E-state index contributed by atoms with van der Waals surface area (Å²) in [5.74, 6) is 2.90. The topological polar surface area (TPSA) is 13.1 Å². The molecule has 0 fully saturated rings. The Bertz CT molecular complexity index is 1340. The van der Waals surface area contributed by atoms with Crippen LogP contribution in [0.1, 0.15) is 61.8 Å². The minimum absolute atomic E-state index is 0.460. The van der Waals surface area contributed by atoms with E-state index in [0.29, 0.717) is 11.8 Å². The first-order valence-corrected chi connectivity index (χ1v) is 11.0. The average Bonchev–Trinajstić information content (AvgIpc) is 2.70. The number of nitrogens with zero attached hydrogens (tertiary/aromatic N) is 1. The lowest BCUT2D eigenvalue weighted by molar-refractivity contribution is -0.633. The summed E-state index contributed by atoms with van der Waals surface area (Å²) in [5.41, 5.74) is 9.06. The van der Waals surface area contributed by atoms with Gasteiger partial charge < -0.3 is 4.74 Å². The van der Waals surface area contributed by atoms with Gasteiger partial charge in [-0.25, -0.2) is 0 Å². The van der Waals surface area contributed by atoms with E-state index in [2.05, 4.69) is 95.6 Å². The van der Waals surface area contributed by atoms with E-state index in [0.717, 1.165) is 11.5 Å². The van der Waals surface area contributed by atoms with Crippen LogP contribution in [0.5, 0.6) is 11.5 Å². The van der Waals surface area contributed by atoms with Gasteiger partial charge in [-0.3, -0.25) is 0 Å². The number of rotatable bonds is 2. The molecule has 30 heavy (non-hydrogen) atoms. The van der Waals surface area contributed by atoms with Crippen molar-refractivity contribution in [1.29, 1.82) is 0 Å². The second kappa shape index (κ2) is 6.57. The van der Waals surface area contributed by atoms with Crippen molar-refractivity contribution in [2.75, 3.05) is 0 Å². The number of ether oxygens (including phenoxy) is 1. The molecule has 3 aromatic carbocycles. The van der Waals surface area contributed by atoms with Gasteiger partial charge in [-0.1, -0.05) is 45.9 Å². The van der Waals surface area contributed by atoms with E-state index in [9.17, 15) is 0 Å². The van der Waals surface area contributed by atoms with Crippen molar-refractivity contribution in [3.05, 3.63) is 64.7 Å². The molecule has 0 bridgehead atoms. The van der Waals surface area contributed by atoms with E-state index in [1.807, 2.05) is 0 Å². The number of pyridine rings is 1. The normalized spacial score (nSPS) is 12.7. The Balaban J connectivity index is 1.90. The van der Waals surface area contributed by atoms with Crippen LogP contribution in [0.15, 0.2) is 42.5 Å². The number of hydrogen-bond donors (Lipinski definition) is 0. The zero-order chi connectivity index (χ0) is 21.3. The van der Waals surface area contributed by atoms with Gasteiger partial charge in [0.1, 0.15) is 12.8 Å². The maximum Gasteiger partial charge on any atom is 0.256 e. The molecule has 1 aromatic heterocycles. The smallest absolute Gasteiger partial charge is 0.256 e. The Hall–Kier alpha value is -2.87. The predicted octanol–water partition coefficient (Wildman–Crippen LogP) is 7.45. The molecule has 5 rings (SSSR count). The minimum atomic E-state index is 0.460. The molecule has 152 valence electrons. The molecule has 2 nitrogen and oxygen atoms in total. The van der Waals surface area contributed by atoms with Crippen LogP contribution in [-0.2, 0) is 7.05 Å². The molecule has 1 aliphatic heterocycles. The van der Waals surface area contributed by atoms with Crippen LogP contribution in [-0.4, -0.2) is 0 Å². The van der Waals surface area contributed by atoms with E-state index >= 15 is 0 Å². The van der Waals surface area contributed by atoms with E-state index in [1.165, 1.54) is 55.2 Å². The number of aromatic nitrogens is 1. The van der Waals surface area contributed by atoms with Gasteiger partial charge in [-0.2, -0.15) is 4.57 Å². The second-order valence-electron chi connectivity index (χ2n) is 9.46. The van der Waals surface area contributed by atoms with Gasteiger partial charge >= 0.3 is 0 Å². The van der Waals surface area contributed by atoms with Crippen LogP contribution >= 0.6 is 0 Å². The molecule has 0 radical (unpaired) electrons. The lowest BCUT2D eigenvalue weighted by Gasteiger charge is -2.24. The van der Waals surface area contributed by atoms with Crippen LogP contribution < -0.4 is 9.30 Å². The van der Waals surface area contributed by atoms with E-state index in [4.69, 9.17) is 4.74 Å². The van der Waals surface area contributed by atoms with Crippen molar-refractivity contribution >= 4 is 21.7 Å². The second-order valence-corrected chi connectivity index (χ2v) is 9.46. The summed E-state index contributed by atoms with van der Waals surface area (Å²) in [6.07, 6.45) is 0. The Morgan fingerprint density at radius 1 is 0.767 bits per heavy atom. The molecule has 0 amide bonds. The van der Waals surface area contributed by atoms with Crippen molar-refractivity contribution in [2.24, 2.45) is 7.05 Å². The lowest BCUT2D eigenvalue weighted by atomic mass is 9.88. The Morgan fingerprint density at radius 2 is 1.47 bits per heavy atom. The van der Waals surface area contributed by atoms with Crippen LogP contribution in [0.3, 0.4) is 0 Å². The highest BCUT2D eigenvalue weighted by atomic mass is 16.5. The molecule has 1 aliphatic rings. The van der Waals surface area contributed by atoms with Gasteiger partial charge in [0.25, 0.3) is 5.69 Å². The number of fused-ring (bicyclic) bond motifs is 3. The van der Waals surface area contributed by atoms with Crippen LogP contribution in [0.4, 0.5) is 0 Å². The van der Waals surface area contributed by atoms with Gasteiger partial charge in [0.15, 0.2) is 5.75 Å². The fraction of sp³-hybridized carbons (Fsp3) is 0.321. The summed E-state index contributed by atoms with van der Waals surface area (Å²) < 4.78 is 8.92. The number of benzene rings is 3. The first-order chi connectivity index (χ1) is 14.3. The van der Waals surface area contributed by atoms with Gasteiger partial charge in [-0.05, 0) is 65.5 Å². The third kappa shape index (κ3) is 2.66. The maximum absolute atomic E-state index is 6.60. The minimum Gasteiger partial charge on any atom is -0.450 e. The van der Waals surface area contributed by atoms with Gasteiger partial charge in [0.05, 0.1) is 10.9 Å². The summed E-state index contributed by atoms with van der Waals surface area (Å²) in [4.78, 5) is 0. The average molecular weight is 397 g/mol. The van der Waals surface area contributed by atoms with Crippen molar-refractivity contribution in [1.82, 2.24) is 0 Å². The highest BCUT2D eigenvalue weighted by Gasteiger charge is 2.32. The van der Waals surface area contributed by atoms with Crippen molar-refractivity contribution in [3.8, 4) is 22.8 Å². The first-order valence-electron chi connectivity index (χ1n) is 11.0. The van der Waals surface area contributed by atoms with Gasteiger partial charge in [0, 0.05) is 17.5 Å². The Kier molecular flexibility index (Phi) is 4.18.